The standard InChI is InChI=1S/C24H19BrClNO4/c1-31-19-4-2-3-16(11-19)22(28)13-24(30)20-12-17(25)7-10-21(20)27(23(24)29)14-15-5-8-18(26)9-6-15/h2-12,30H,13-14H2,1H3. The normalized spacial score (nSPS) is 17.5. The minimum Gasteiger partial charge on any atom is -0.497 e. The minimum absolute atomic E-state index is 0.250. The maximum absolute atomic E-state index is 13.4. The van der Waals surface area contributed by atoms with Crippen LogP contribution in [0.3, 0.4) is 0 Å². The number of halogens is 2. The maximum atomic E-state index is 13.4. The molecule has 0 spiro atoms. The lowest BCUT2D eigenvalue weighted by molar-refractivity contribution is -0.136. The Balaban J connectivity index is 1.69. The summed E-state index contributed by atoms with van der Waals surface area (Å²) in [6.45, 7) is 0.250. The van der Waals surface area contributed by atoms with Gasteiger partial charge in [0.25, 0.3) is 5.91 Å². The van der Waals surface area contributed by atoms with Gasteiger partial charge in [-0.1, -0.05) is 51.8 Å². The van der Waals surface area contributed by atoms with Crippen LogP contribution in [0.5, 0.6) is 5.75 Å². The van der Waals surface area contributed by atoms with Crippen molar-refractivity contribution in [3.05, 3.63) is 92.9 Å². The van der Waals surface area contributed by atoms with Crippen molar-refractivity contribution in [2.75, 3.05) is 12.0 Å². The Labute approximate surface area is 193 Å². The Kier molecular flexibility index (Phi) is 5.88. The van der Waals surface area contributed by atoms with E-state index in [1.165, 1.54) is 12.0 Å². The third-order valence-electron chi connectivity index (χ3n) is 5.36. The first-order valence-corrected chi connectivity index (χ1v) is 10.7. The zero-order chi connectivity index (χ0) is 22.2. The topological polar surface area (TPSA) is 66.8 Å². The average Bonchev–Trinajstić information content (AvgIpc) is 2.96. The van der Waals surface area contributed by atoms with Crippen LogP contribution in [0.4, 0.5) is 5.69 Å². The predicted molar refractivity (Wildman–Crippen MR) is 123 cm³/mol. The summed E-state index contributed by atoms with van der Waals surface area (Å²) in [6, 6.07) is 19.1. The van der Waals surface area contributed by atoms with E-state index in [1.807, 2.05) is 12.1 Å². The first-order valence-electron chi connectivity index (χ1n) is 9.58. The third-order valence-corrected chi connectivity index (χ3v) is 6.10. The highest BCUT2D eigenvalue weighted by Crippen LogP contribution is 2.45. The van der Waals surface area contributed by atoms with Crippen molar-refractivity contribution in [2.24, 2.45) is 0 Å². The molecule has 1 heterocycles. The van der Waals surface area contributed by atoms with Crippen molar-refractivity contribution in [1.29, 1.82) is 0 Å². The highest BCUT2D eigenvalue weighted by atomic mass is 79.9. The molecule has 0 aliphatic carbocycles. The fourth-order valence-electron chi connectivity index (χ4n) is 3.75. The third kappa shape index (κ3) is 4.11. The number of aliphatic hydroxyl groups is 1. The lowest BCUT2D eigenvalue weighted by Crippen LogP contribution is -2.41. The summed E-state index contributed by atoms with van der Waals surface area (Å²) in [7, 11) is 1.51. The van der Waals surface area contributed by atoms with Gasteiger partial charge in [-0.15, -0.1) is 0 Å². The average molecular weight is 501 g/mol. The molecule has 1 amide bonds. The molecule has 7 heteroatoms. The second-order valence-corrected chi connectivity index (χ2v) is 8.72. The van der Waals surface area contributed by atoms with Crippen LogP contribution < -0.4 is 9.64 Å². The number of amides is 1. The number of hydrogen-bond acceptors (Lipinski definition) is 4. The van der Waals surface area contributed by atoms with E-state index in [4.69, 9.17) is 16.3 Å². The van der Waals surface area contributed by atoms with E-state index in [1.54, 1.807) is 54.6 Å². The van der Waals surface area contributed by atoms with Gasteiger partial charge in [-0.05, 0) is 48.0 Å². The van der Waals surface area contributed by atoms with Gasteiger partial charge in [-0.25, -0.2) is 0 Å². The molecule has 4 rings (SSSR count). The summed E-state index contributed by atoms with van der Waals surface area (Å²) in [6.07, 6.45) is -0.375. The number of carbonyl (C=O) groups excluding carboxylic acids is 2. The summed E-state index contributed by atoms with van der Waals surface area (Å²) < 4.78 is 5.89. The van der Waals surface area contributed by atoms with Crippen molar-refractivity contribution in [2.45, 2.75) is 18.6 Å². The molecule has 31 heavy (non-hydrogen) atoms. The second-order valence-electron chi connectivity index (χ2n) is 7.37. The Morgan fingerprint density at radius 2 is 1.87 bits per heavy atom. The lowest BCUT2D eigenvalue weighted by atomic mass is 9.88. The Morgan fingerprint density at radius 1 is 1.13 bits per heavy atom. The SMILES string of the molecule is COc1cccc(C(=O)CC2(O)C(=O)N(Cc3ccc(Cl)cc3)c3ccc(Br)cc32)c1. The zero-order valence-corrected chi connectivity index (χ0v) is 19.0. The van der Waals surface area contributed by atoms with Gasteiger partial charge in [0, 0.05) is 20.6 Å². The molecule has 158 valence electrons. The van der Waals surface area contributed by atoms with Crippen molar-refractivity contribution < 1.29 is 19.4 Å². The van der Waals surface area contributed by atoms with E-state index in [0.29, 0.717) is 32.1 Å². The van der Waals surface area contributed by atoms with E-state index in [9.17, 15) is 14.7 Å². The van der Waals surface area contributed by atoms with E-state index < -0.39 is 11.5 Å². The van der Waals surface area contributed by atoms with Gasteiger partial charge in [0.2, 0.25) is 0 Å². The van der Waals surface area contributed by atoms with Gasteiger partial charge in [0.05, 0.1) is 25.8 Å². The largest absolute Gasteiger partial charge is 0.497 e. The fourth-order valence-corrected chi connectivity index (χ4v) is 4.24. The number of carbonyl (C=O) groups is 2. The van der Waals surface area contributed by atoms with Gasteiger partial charge in [0.15, 0.2) is 11.4 Å². The monoisotopic (exact) mass is 499 g/mol. The minimum atomic E-state index is -1.97. The summed E-state index contributed by atoms with van der Waals surface area (Å²) in [5, 5.41) is 12.1. The summed E-state index contributed by atoms with van der Waals surface area (Å²) in [4.78, 5) is 27.9. The Hall–Kier alpha value is -2.67. The van der Waals surface area contributed by atoms with Gasteiger partial charge in [0.1, 0.15) is 5.75 Å². The molecule has 0 saturated carbocycles. The highest BCUT2D eigenvalue weighted by Gasteiger charge is 2.51. The molecule has 3 aromatic carbocycles. The number of benzene rings is 3. The van der Waals surface area contributed by atoms with E-state index in [-0.39, 0.29) is 18.7 Å². The summed E-state index contributed by atoms with van der Waals surface area (Å²) in [5.74, 6) is -0.357. The number of hydrogen-bond donors (Lipinski definition) is 1. The van der Waals surface area contributed by atoms with Crippen molar-refractivity contribution in [1.82, 2.24) is 0 Å². The quantitative estimate of drug-likeness (QED) is 0.477. The fraction of sp³-hybridized carbons (Fsp3) is 0.167. The number of methoxy groups -OCH3 is 1. The molecule has 1 atom stereocenters. The van der Waals surface area contributed by atoms with E-state index in [2.05, 4.69) is 15.9 Å². The van der Waals surface area contributed by atoms with Gasteiger partial charge < -0.3 is 14.7 Å². The molecular formula is C24H19BrClNO4. The number of nitrogens with zero attached hydrogens (tertiary/aromatic N) is 1. The van der Waals surface area contributed by atoms with Crippen molar-refractivity contribution in [3.8, 4) is 5.75 Å². The van der Waals surface area contributed by atoms with Gasteiger partial charge >= 0.3 is 0 Å². The molecule has 0 fully saturated rings. The van der Waals surface area contributed by atoms with Crippen LogP contribution in [0.15, 0.2) is 71.2 Å². The maximum Gasteiger partial charge on any atom is 0.264 e. The molecular weight excluding hydrogens is 482 g/mol. The van der Waals surface area contributed by atoms with Crippen LogP contribution in [0, 0.1) is 0 Å². The predicted octanol–water partition coefficient (Wildman–Crippen LogP) is 5.12. The molecule has 0 saturated heterocycles. The summed E-state index contributed by atoms with van der Waals surface area (Å²) >= 11 is 9.37. The van der Waals surface area contributed by atoms with Crippen LogP contribution in [-0.4, -0.2) is 23.9 Å². The Bertz CT molecular complexity index is 1160. The molecule has 1 aliphatic rings. The van der Waals surface area contributed by atoms with E-state index >= 15 is 0 Å². The summed E-state index contributed by atoms with van der Waals surface area (Å²) in [5.41, 5.74) is 0.232. The van der Waals surface area contributed by atoms with Gasteiger partial charge in [-0.3, -0.25) is 9.59 Å². The molecule has 1 aliphatic heterocycles. The highest BCUT2D eigenvalue weighted by molar-refractivity contribution is 9.10. The van der Waals surface area contributed by atoms with Crippen LogP contribution >= 0.6 is 27.5 Å². The van der Waals surface area contributed by atoms with Crippen LogP contribution in [0.25, 0.3) is 0 Å². The molecule has 3 aromatic rings. The number of rotatable bonds is 6. The number of Topliss-reactive ketones (excluding diaryl/α,β-unsaturated/α-hetero) is 1. The molecule has 0 aromatic heterocycles. The smallest absolute Gasteiger partial charge is 0.264 e. The van der Waals surface area contributed by atoms with Crippen molar-refractivity contribution in [3.63, 3.8) is 0 Å². The number of fused-ring (bicyclic) bond motifs is 1. The Morgan fingerprint density at radius 3 is 2.58 bits per heavy atom. The lowest BCUT2D eigenvalue weighted by Gasteiger charge is -2.23. The molecule has 0 radical (unpaired) electrons. The second kappa shape index (κ2) is 8.46. The molecule has 0 bridgehead atoms. The van der Waals surface area contributed by atoms with Crippen LogP contribution in [-0.2, 0) is 16.9 Å². The zero-order valence-electron chi connectivity index (χ0n) is 16.6. The first kappa shape index (κ1) is 21.6. The van der Waals surface area contributed by atoms with Crippen LogP contribution in [0.1, 0.15) is 27.9 Å². The number of ether oxygens (including phenoxy) is 1. The van der Waals surface area contributed by atoms with Gasteiger partial charge in [-0.2, -0.15) is 0 Å². The molecule has 1 N–H and O–H groups in total. The molecule has 5 nitrogen and oxygen atoms in total. The van der Waals surface area contributed by atoms with Crippen molar-refractivity contribution >= 4 is 44.9 Å². The number of ketones is 1. The molecule has 1 unspecified atom stereocenters. The first-order chi connectivity index (χ1) is 14.8. The van der Waals surface area contributed by atoms with Crippen LogP contribution in [0.2, 0.25) is 5.02 Å². The van der Waals surface area contributed by atoms with E-state index in [0.717, 1.165) is 5.56 Å². The number of anilines is 1.